The van der Waals surface area contributed by atoms with E-state index in [2.05, 4.69) is 0 Å². The zero-order chi connectivity index (χ0) is 18.7. The lowest BCUT2D eigenvalue weighted by Crippen LogP contribution is -2.27. The van der Waals surface area contributed by atoms with Gasteiger partial charge in [0.25, 0.3) is 0 Å². The van der Waals surface area contributed by atoms with Gasteiger partial charge in [0.05, 0.1) is 19.1 Å². The van der Waals surface area contributed by atoms with E-state index < -0.39 is 10.0 Å². The minimum atomic E-state index is -3.58. The van der Waals surface area contributed by atoms with Crippen LogP contribution in [0.4, 0.5) is 0 Å². The second-order valence-corrected chi connectivity index (χ2v) is 8.60. The number of fused-ring (bicyclic) bond motifs is 1. The van der Waals surface area contributed by atoms with E-state index in [0.717, 1.165) is 30.4 Å². The summed E-state index contributed by atoms with van der Waals surface area (Å²) in [4.78, 5) is 0.350. The van der Waals surface area contributed by atoms with Crippen LogP contribution in [0.5, 0.6) is 11.5 Å². The van der Waals surface area contributed by atoms with Crippen LogP contribution in [0.25, 0.3) is 0 Å². The predicted octanol–water partition coefficient (Wildman–Crippen LogP) is 3.40. The van der Waals surface area contributed by atoms with Crippen LogP contribution in [0, 0.1) is 0 Å². The Hall–Kier alpha value is -2.05. The van der Waals surface area contributed by atoms with Crippen LogP contribution in [-0.4, -0.2) is 34.0 Å². The average Bonchev–Trinajstić information content (AvgIpc) is 2.67. The molecule has 0 amide bonds. The SMILES string of the molecule is COc1cccc(CN(C)S(=O)(=O)c2ccc3c(c2)CCCC3)c1OC. The molecule has 0 bridgehead atoms. The molecule has 0 aliphatic heterocycles. The van der Waals surface area contributed by atoms with Crippen molar-refractivity contribution in [1.29, 1.82) is 0 Å². The van der Waals surface area contributed by atoms with Gasteiger partial charge in [0.2, 0.25) is 10.0 Å². The van der Waals surface area contributed by atoms with Gasteiger partial charge in [0.15, 0.2) is 11.5 Å². The van der Waals surface area contributed by atoms with Crippen LogP contribution in [-0.2, 0) is 29.4 Å². The minimum absolute atomic E-state index is 0.208. The fraction of sp³-hybridized carbons (Fsp3) is 0.400. The highest BCUT2D eigenvalue weighted by atomic mass is 32.2. The van der Waals surface area contributed by atoms with Crippen LogP contribution in [0.2, 0.25) is 0 Å². The molecule has 1 aliphatic rings. The highest BCUT2D eigenvalue weighted by Crippen LogP contribution is 2.32. The minimum Gasteiger partial charge on any atom is -0.493 e. The van der Waals surface area contributed by atoms with Crippen molar-refractivity contribution in [3.63, 3.8) is 0 Å². The molecule has 26 heavy (non-hydrogen) atoms. The van der Waals surface area contributed by atoms with Crippen LogP contribution in [0.3, 0.4) is 0 Å². The zero-order valence-electron chi connectivity index (χ0n) is 15.5. The number of rotatable bonds is 6. The third-order valence-corrected chi connectivity index (χ3v) is 6.71. The summed E-state index contributed by atoms with van der Waals surface area (Å²) >= 11 is 0. The number of sulfonamides is 1. The Morgan fingerprint density at radius 3 is 2.42 bits per heavy atom. The summed E-state index contributed by atoms with van der Waals surface area (Å²) in [6.45, 7) is 0.208. The van der Waals surface area contributed by atoms with Gasteiger partial charge in [-0.05, 0) is 55.0 Å². The average molecular weight is 375 g/mol. The maximum absolute atomic E-state index is 13.0. The van der Waals surface area contributed by atoms with Gasteiger partial charge in [0, 0.05) is 19.2 Å². The van der Waals surface area contributed by atoms with E-state index in [9.17, 15) is 8.42 Å². The molecule has 1 aliphatic carbocycles. The number of para-hydroxylation sites is 1. The summed E-state index contributed by atoms with van der Waals surface area (Å²) in [6.07, 6.45) is 4.28. The molecule has 6 heteroatoms. The molecule has 0 heterocycles. The first-order valence-corrected chi connectivity index (χ1v) is 10.2. The Morgan fingerprint density at radius 2 is 1.73 bits per heavy atom. The molecule has 2 aromatic rings. The lowest BCUT2D eigenvalue weighted by Gasteiger charge is -2.21. The van der Waals surface area contributed by atoms with Crippen molar-refractivity contribution in [2.75, 3.05) is 21.3 Å². The normalized spacial score (nSPS) is 14.2. The van der Waals surface area contributed by atoms with Crippen LogP contribution < -0.4 is 9.47 Å². The third-order valence-electron chi connectivity index (χ3n) is 4.91. The van der Waals surface area contributed by atoms with Crippen molar-refractivity contribution in [3.05, 3.63) is 53.1 Å². The van der Waals surface area contributed by atoms with E-state index in [1.807, 2.05) is 24.3 Å². The van der Waals surface area contributed by atoms with Gasteiger partial charge in [-0.2, -0.15) is 4.31 Å². The van der Waals surface area contributed by atoms with Crippen molar-refractivity contribution in [1.82, 2.24) is 4.31 Å². The second kappa shape index (κ2) is 7.68. The summed E-state index contributed by atoms with van der Waals surface area (Å²) in [7, 11) is 1.13. The van der Waals surface area contributed by atoms with Gasteiger partial charge >= 0.3 is 0 Å². The number of aryl methyl sites for hydroxylation is 2. The van der Waals surface area contributed by atoms with Gasteiger partial charge in [-0.1, -0.05) is 18.2 Å². The summed E-state index contributed by atoms with van der Waals surface area (Å²) < 4.78 is 38.1. The molecule has 0 fully saturated rings. The van der Waals surface area contributed by atoms with E-state index in [-0.39, 0.29) is 6.54 Å². The summed E-state index contributed by atoms with van der Waals surface area (Å²) in [5.41, 5.74) is 3.19. The highest BCUT2D eigenvalue weighted by Gasteiger charge is 2.24. The number of benzene rings is 2. The first-order valence-electron chi connectivity index (χ1n) is 8.75. The van der Waals surface area contributed by atoms with Crippen molar-refractivity contribution in [3.8, 4) is 11.5 Å². The number of hydrogen-bond donors (Lipinski definition) is 0. The molecule has 5 nitrogen and oxygen atoms in total. The van der Waals surface area contributed by atoms with Crippen LogP contribution >= 0.6 is 0 Å². The summed E-state index contributed by atoms with van der Waals surface area (Å²) in [5.74, 6) is 1.15. The van der Waals surface area contributed by atoms with E-state index in [1.54, 1.807) is 33.4 Å². The Labute approximate surface area is 155 Å². The highest BCUT2D eigenvalue weighted by molar-refractivity contribution is 7.89. The zero-order valence-corrected chi connectivity index (χ0v) is 16.3. The predicted molar refractivity (Wildman–Crippen MR) is 101 cm³/mol. The summed E-state index contributed by atoms with van der Waals surface area (Å²) in [5, 5.41) is 0. The lowest BCUT2D eigenvalue weighted by molar-refractivity contribution is 0.347. The van der Waals surface area contributed by atoms with Crippen molar-refractivity contribution >= 4 is 10.0 Å². The maximum Gasteiger partial charge on any atom is 0.243 e. The summed E-state index contributed by atoms with van der Waals surface area (Å²) in [6, 6.07) is 11.0. The molecular weight excluding hydrogens is 350 g/mol. The lowest BCUT2D eigenvalue weighted by atomic mass is 9.92. The third kappa shape index (κ3) is 3.57. The molecule has 0 saturated carbocycles. The number of ether oxygens (including phenoxy) is 2. The van der Waals surface area contributed by atoms with Crippen molar-refractivity contribution < 1.29 is 17.9 Å². The monoisotopic (exact) mass is 375 g/mol. The first kappa shape index (κ1) is 18.7. The Morgan fingerprint density at radius 1 is 1.00 bits per heavy atom. The number of nitrogens with zero attached hydrogens (tertiary/aromatic N) is 1. The Balaban J connectivity index is 1.89. The van der Waals surface area contributed by atoms with Crippen LogP contribution in [0.15, 0.2) is 41.3 Å². The fourth-order valence-electron chi connectivity index (χ4n) is 3.45. The van der Waals surface area contributed by atoms with Crippen LogP contribution in [0.1, 0.15) is 29.5 Å². The molecule has 0 unspecified atom stereocenters. The molecule has 0 aromatic heterocycles. The standard InChI is InChI=1S/C20H25NO4S/c1-21(14-17-9-6-10-19(24-2)20(17)25-3)26(22,23)18-12-11-15-7-4-5-8-16(15)13-18/h6,9-13H,4-5,7-8,14H2,1-3H3. The quantitative estimate of drug-likeness (QED) is 0.776. The molecule has 0 spiro atoms. The fourth-order valence-corrected chi connectivity index (χ4v) is 4.65. The smallest absolute Gasteiger partial charge is 0.243 e. The van der Waals surface area contributed by atoms with Gasteiger partial charge < -0.3 is 9.47 Å². The molecule has 3 rings (SSSR count). The van der Waals surface area contributed by atoms with E-state index in [0.29, 0.717) is 16.4 Å². The van der Waals surface area contributed by atoms with Crippen molar-refractivity contribution in [2.24, 2.45) is 0 Å². The Kier molecular flexibility index (Phi) is 5.53. The number of methoxy groups -OCH3 is 2. The molecule has 0 atom stereocenters. The first-order chi connectivity index (χ1) is 12.5. The van der Waals surface area contributed by atoms with E-state index >= 15 is 0 Å². The van der Waals surface area contributed by atoms with Gasteiger partial charge in [-0.25, -0.2) is 8.42 Å². The molecular formula is C20H25NO4S. The van der Waals surface area contributed by atoms with E-state index in [4.69, 9.17) is 9.47 Å². The molecule has 2 aromatic carbocycles. The van der Waals surface area contributed by atoms with Gasteiger partial charge in [-0.3, -0.25) is 0 Å². The molecule has 140 valence electrons. The van der Waals surface area contributed by atoms with E-state index in [1.165, 1.54) is 16.3 Å². The Bertz CT molecular complexity index is 893. The molecule has 0 N–H and O–H groups in total. The number of hydrogen-bond acceptors (Lipinski definition) is 4. The molecule has 0 saturated heterocycles. The maximum atomic E-state index is 13.0. The van der Waals surface area contributed by atoms with Gasteiger partial charge in [0.1, 0.15) is 0 Å². The largest absolute Gasteiger partial charge is 0.493 e. The molecule has 0 radical (unpaired) electrons. The second-order valence-electron chi connectivity index (χ2n) is 6.55. The van der Waals surface area contributed by atoms with Gasteiger partial charge in [-0.15, -0.1) is 0 Å². The van der Waals surface area contributed by atoms with Crippen molar-refractivity contribution in [2.45, 2.75) is 37.1 Å². The topological polar surface area (TPSA) is 55.8 Å².